The molecule has 10 heteroatoms. The minimum atomic E-state index is -4.57. The summed E-state index contributed by atoms with van der Waals surface area (Å²) >= 11 is 0. The summed E-state index contributed by atoms with van der Waals surface area (Å²) in [6.07, 6.45) is -3.62. The highest BCUT2D eigenvalue weighted by molar-refractivity contribution is 5.98. The van der Waals surface area contributed by atoms with Gasteiger partial charge in [0.15, 0.2) is 0 Å². The molecule has 1 aromatic carbocycles. The molecular weight excluding hydrogens is 380 g/mol. The number of alkyl halides is 3. The van der Waals surface area contributed by atoms with Gasteiger partial charge in [0.1, 0.15) is 11.5 Å². The lowest BCUT2D eigenvalue weighted by Gasteiger charge is -2.36. The van der Waals surface area contributed by atoms with E-state index >= 15 is 0 Å². The number of benzene rings is 1. The first-order valence-corrected chi connectivity index (χ1v) is 8.33. The summed E-state index contributed by atoms with van der Waals surface area (Å²) in [5, 5.41) is 0. The van der Waals surface area contributed by atoms with Crippen molar-refractivity contribution in [3.63, 3.8) is 0 Å². The third-order valence-corrected chi connectivity index (χ3v) is 4.44. The van der Waals surface area contributed by atoms with Gasteiger partial charge in [-0.1, -0.05) is 0 Å². The maximum Gasteiger partial charge on any atom is 0.416 e. The number of carbonyl (C=O) groups is 2. The van der Waals surface area contributed by atoms with Crippen LogP contribution in [0.2, 0.25) is 0 Å². The molecule has 2 N–H and O–H groups in total. The lowest BCUT2D eigenvalue weighted by atomic mass is 10.1. The van der Waals surface area contributed by atoms with Crippen molar-refractivity contribution in [2.45, 2.75) is 6.18 Å². The summed E-state index contributed by atoms with van der Waals surface area (Å²) in [6, 6.07) is 5.20. The van der Waals surface area contributed by atoms with Crippen LogP contribution in [0.15, 0.2) is 36.5 Å². The van der Waals surface area contributed by atoms with E-state index in [4.69, 9.17) is 5.73 Å². The number of aromatic nitrogens is 1. The number of hydrogen-bond donors (Lipinski definition) is 1. The molecule has 0 spiro atoms. The number of primary amides is 1. The van der Waals surface area contributed by atoms with Crippen LogP contribution in [0.1, 0.15) is 26.4 Å². The quantitative estimate of drug-likeness (QED) is 0.808. The number of rotatable bonds is 3. The summed E-state index contributed by atoms with van der Waals surface area (Å²) in [5.74, 6) is -1.98. The van der Waals surface area contributed by atoms with Gasteiger partial charge in [-0.2, -0.15) is 13.2 Å². The molecule has 3 rings (SSSR count). The average molecular weight is 396 g/mol. The second kappa shape index (κ2) is 7.45. The number of nitrogens with two attached hydrogens (primary N) is 1. The zero-order chi connectivity index (χ0) is 20.5. The minimum Gasteiger partial charge on any atom is -0.367 e. The van der Waals surface area contributed by atoms with Crippen molar-refractivity contribution in [1.82, 2.24) is 9.88 Å². The Hall–Kier alpha value is -3.17. The number of piperazine rings is 1. The fourth-order valence-corrected chi connectivity index (χ4v) is 3.02. The van der Waals surface area contributed by atoms with E-state index in [0.29, 0.717) is 18.8 Å². The van der Waals surface area contributed by atoms with E-state index < -0.39 is 29.4 Å². The number of anilines is 1. The summed E-state index contributed by atoms with van der Waals surface area (Å²) in [5.41, 5.74) is 4.53. The maximum absolute atomic E-state index is 13.4. The van der Waals surface area contributed by atoms with Gasteiger partial charge in [-0.05, 0) is 30.3 Å². The summed E-state index contributed by atoms with van der Waals surface area (Å²) in [7, 11) is 0. The van der Waals surface area contributed by atoms with Crippen molar-refractivity contribution in [2.24, 2.45) is 5.73 Å². The molecule has 1 fully saturated rings. The smallest absolute Gasteiger partial charge is 0.367 e. The molecule has 148 valence electrons. The zero-order valence-electron chi connectivity index (χ0n) is 14.5. The first-order chi connectivity index (χ1) is 13.2. The Morgan fingerprint density at radius 1 is 1.04 bits per heavy atom. The molecule has 2 aromatic rings. The van der Waals surface area contributed by atoms with E-state index in [-0.39, 0.29) is 24.3 Å². The Labute approximate surface area is 157 Å². The standard InChI is InChI=1S/C18H16F4N4O2/c19-12-1-2-15(13(10-12)16(23)27)25-5-7-26(8-6-25)17(28)14-9-11(3-4-24-14)18(20,21)22/h1-4,9-10H,5-8H2,(H2,23,27). The van der Waals surface area contributed by atoms with Crippen LogP contribution >= 0.6 is 0 Å². The average Bonchev–Trinajstić information content (AvgIpc) is 2.67. The highest BCUT2D eigenvalue weighted by Crippen LogP contribution is 2.29. The number of amides is 2. The maximum atomic E-state index is 13.4. The van der Waals surface area contributed by atoms with Crippen LogP contribution in [-0.2, 0) is 6.18 Å². The molecule has 6 nitrogen and oxygen atoms in total. The fraction of sp³-hybridized carbons (Fsp3) is 0.278. The van der Waals surface area contributed by atoms with Crippen LogP contribution in [0, 0.1) is 5.82 Å². The van der Waals surface area contributed by atoms with E-state index in [1.807, 2.05) is 0 Å². The minimum absolute atomic E-state index is 0.0271. The summed E-state index contributed by atoms with van der Waals surface area (Å²) in [4.78, 5) is 30.9. The van der Waals surface area contributed by atoms with Gasteiger partial charge in [-0.3, -0.25) is 14.6 Å². The third-order valence-electron chi connectivity index (χ3n) is 4.44. The second-order valence-corrected chi connectivity index (χ2v) is 6.23. The molecule has 1 saturated heterocycles. The van der Waals surface area contributed by atoms with Crippen LogP contribution in [0.5, 0.6) is 0 Å². The second-order valence-electron chi connectivity index (χ2n) is 6.23. The Morgan fingerprint density at radius 2 is 1.71 bits per heavy atom. The molecule has 2 heterocycles. The fourth-order valence-electron chi connectivity index (χ4n) is 3.02. The molecule has 1 aromatic heterocycles. The van der Waals surface area contributed by atoms with Gasteiger partial charge in [0.25, 0.3) is 11.8 Å². The van der Waals surface area contributed by atoms with E-state index in [2.05, 4.69) is 4.98 Å². The SMILES string of the molecule is NC(=O)c1cc(F)ccc1N1CCN(C(=O)c2cc(C(F)(F)F)ccn2)CC1. The van der Waals surface area contributed by atoms with E-state index in [1.54, 1.807) is 4.90 Å². The number of carbonyl (C=O) groups excluding carboxylic acids is 2. The molecule has 1 aliphatic heterocycles. The summed E-state index contributed by atoms with van der Waals surface area (Å²) in [6.45, 7) is 1.01. The number of nitrogens with zero attached hydrogens (tertiary/aromatic N) is 3. The highest BCUT2D eigenvalue weighted by atomic mass is 19.4. The molecule has 0 bridgehead atoms. The largest absolute Gasteiger partial charge is 0.416 e. The van der Waals surface area contributed by atoms with Crippen molar-refractivity contribution in [3.8, 4) is 0 Å². The predicted octanol–water partition coefficient (Wildman–Crippen LogP) is 2.30. The highest BCUT2D eigenvalue weighted by Gasteiger charge is 2.32. The number of hydrogen-bond acceptors (Lipinski definition) is 4. The molecule has 28 heavy (non-hydrogen) atoms. The Kier molecular flexibility index (Phi) is 5.21. The monoisotopic (exact) mass is 396 g/mol. The topological polar surface area (TPSA) is 79.5 Å². The summed E-state index contributed by atoms with van der Waals surface area (Å²) < 4.78 is 51.8. The Balaban J connectivity index is 1.73. The van der Waals surface area contributed by atoms with E-state index in [9.17, 15) is 27.2 Å². The normalized spacial score (nSPS) is 14.9. The molecule has 2 amide bonds. The molecule has 0 radical (unpaired) electrons. The van der Waals surface area contributed by atoms with Crippen LogP contribution in [-0.4, -0.2) is 47.9 Å². The van der Waals surface area contributed by atoms with Crippen LogP contribution in [0.3, 0.4) is 0 Å². The van der Waals surface area contributed by atoms with Crippen LogP contribution in [0.4, 0.5) is 23.2 Å². The van der Waals surface area contributed by atoms with Crippen molar-refractivity contribution < 1.29 is 27.2 Å². The lowest BCUT2D eigenvalue weighted by Crippen LogP contribution is -2.49. The van der Waals surface area contributed by atoms with Gasteiger partial charge in [-0.25, -0.2) is 4.39 Å². The van der Waals surface area contributed by atoms with Crippen molar-refractivity contribution >= 4 is 17.5 Å². The van der Waals surface area contributed by atoms with Gasteiger partial charge >= 0.3 is 6.18 Å². The van der Waals surface area contributed by atoms with Crippen molar-refractivity contribution in [3.05, 3.63) is 59.2 Å². The van der Waals surface area contributed by atoms with E-state index in [1.165, 1.54) is 17.0 Å². The Morgan fingerprint density at radius 3 is 2.32 bits per heavy atom. The van der Waals surface area contributed by atoms with Gasteiger partial charge in [0.2, 0.25) is 0 Å². The molecule has 0 saturated carbocycles. The van der Waals surface area contributed by atoms with Crippen molar-refractivity contribution in [2.75, 3.05) is 31.1 Å². The third kappa shape index (κ3) is 4.05. The Bertz CT molecular complexity index is 909. The van der Waals surface area contributed by atoms with Crippen LogP contribution < -0.4 is 10.6 Å². The lowest BCUT2D eigenvalue weighted by molar-refractivity contribution is -0.137. The van der Waals surface area contributed by atoms with Crippen molar-refractivity contribution in [1.29, 1.82) is 0 Å². The molecule has 0 atom stereocenters. The first kappa shape index (κ1) is 19.6. The van der Waals surface area contributed by atoms with Gasteiger partial charge < -0.3 is 15.5 Å². The molecule has 1 aliphatic rings. The number of pyridine rings is 1. The van der Waals surface area contributed by atoms with E-state index in [0.717, 1.165) is 24.4 Å². The van der Waals surface area contributed by atoms with Gasteiger partial charge in [0.05, 0.1) is 11.1 Å². The van der Waals surface area contributed by atoms with Crippen LogP contribution in [0.25, 0.3) is 0 Å². The predicted molar refractivity (Wildman–Crippen MR) is 92.3 cm³/mol. The first-order valence-electron chi connectivity index (χ1n) is 8.33. The molecule has 0 aliphatic carbocycles. The molecule has 0 unspecified atom stereocenters. The van der Waals surface area contributed by atoms with Gasteiger partial charge in [0, 0.05) is 38.1 Å². The number of halogens is 4. The zero-order valence-corrected chi connectivity index (χ0v) is 14.5. The van der Waals surface area contributed by atoms with Gasteiger partial charge in [-0.15, -0.1) is 0 Å². The molecular formula is C18H16F4N4O2.